The van der Waals surface area contributed by atoms with Crippen molar-refractivity contribution in [1.82, 2.24) is 4.98 Å². The van der Waals surface area contributed by atoms with Gasteiger partial charge in [-0.15, -0.1) is 0 Å². The Hall–Kier alpha value is -1.97. The third kappa shape index (κ3) is 2.78. The largest absolute Gasteiger partial charge is 0.476 e. The first kappa shape index (κ1) is 11.5. The summed E-state index contributed by atoms with van der Waals surface area (Å²) in [4.78, 5) is 4.18. The van der Waals surface area contributed by atoms with Gasteiger partial charge in [0.1, 0.15) is 5.76 Å². The Morgan fingerprint density at radius 2 is 2.29 bits per heavy atom. The van der Waals surface area contributed by atoms with E-state index in [0.29, 0.717) is 19.0 Å². The molecule has 0 amide bonds. The maximum Gasteiger partial charge on any atom is 0.237 e. The number of hydrogen-bond donors (Lipinski definition) is 1. The van der Waals surface area contributed by atoms with Gasteiger partial charge < -0.3 is 14.5 Å². The smallest absolute Gasteiger partial charge is 0.237 e. The van der Waals surface area contributed by atoms with Crippen molar-refractivity contribution in [1.29, 1.82) is 0 Å². The summed E-state index contributed by atoms with van der Waals surface area (Å²) < 4.78 is 10.8. The molecule has 1 N–H and O–H groups in total. The fourth-order valence-corrected chi connectivity index (χ4v) is 1.54. The van der Waals surface area contributed by atoms with Gasteiger partial charge in [0.05, 0.1) is 25.1 Å². The lowest BCUT2D eigenvalue weighted by Crippen LogP contribution is -2.04. The zero-order valence-corrected chi connectivity index (χ0v) is 10.1. The Bertz CT molecular complexity index is 480. The van der Waals surface area contributed by atoms with Crippen molar-refractivity contribution in [2.24, 2.45) is 0 Å². The van der Waals surface area contributed by atoms with E-state index in [9.17, 15) is 0 Å². The Labute approximate surface area is 101 Å². The quantitative estimate of drug-likeness (QED) is 0.860. The maximum atomic E-state index is 5.43. The van der Waals surface area contributed by atoms with Crippen LogP contribution in [0.3, 0.4) is 0 Å². The van der Waals surface area contributed by atoms with Gasteiger partial charge in [0.2, 0.25) is 5.88 Å². The highest BCUT2D eigenvalue weighted by atomic mass is 16.5. The topological polar surface area (TPSA) is 47.3 Å². The molecular weight excluding hydrogens is 216 g/mol. The molecule has 0 fully saturated rings. The van der Waals surface area contributed by atoms with Gasteiger partial charge in [-0.2, -0.15) is 0 Å². The van der Waals surface area contributed by atoms with Gasteiger partial charge in [0.15, 0.2) is 0 Å². The fourth-order valence-electron chi connectivity index (χ4n) is 1.54. The van der Waals surface area contributed by atoms with E-state index in [1.807, 2.05) is 32.0 Å². The van der Waals surface area contributed by atoms with Crippen molar-refractivity contribution in [2.45, 2.75) is 20.4 Å². The molecule has 2 aromatic heterocycles. The van der Waals surface area contributed by atoms with Crippen molar-refractivity contribution < 1.29 is 9.15 Å². The summed E-state index contributed by atoms with van der Waals surface area (Å²) in [6.07, 6.45) is 3.41. The van der Waals surface area contributed by atoms with Gasteiger partial charge in [-0.25, -0.2) is 4.98 Å². The van der Waals surface area contributed by atoms with Gasteiger partial charge in [0, 0.05) is 6.20 Å². The summed E-state index contributed by atoms with van der Waals surface area (Å²) >= 11 is 0. The second-order valence-electron chi connectivity index (χ2n) is 3.67. The molecule has 0 aliphatic rings. The second-order valence-corrected chi connectivity index (χ2v) is 3.67. The number of hydrogen-bond acceptors (Lipinski definition) is 4. The number of pyridine rings is 1. The molecule has 0 aliphatic carbocycles. The molecule has 0 spiro atoms. The van der Waals surface area contributed by atoms with Crippen LogP contribution in [0.5, 0.6) is 5.88 Å². The average molecular weight is 232 g/mol. The number of aryl methyl sites for hydroxylation is 1. The van der Waals surface area contributed by atoms with E-state index in [4.69, 9.17) is 9.15 Å². The van der Waals surface area contributed by atoms with Gasteiger partial charge in [-0.05, 0) is 37.6 Å². The molecule has 4 heteroatoms. The van der Waals surface area contributed by atoms with Crippen LogP contribution in [-0.2, 0) is 6.54 Å². The van der Waals surface area contributed by atoms with Gasteiger partial charge in [-0.1, -0.05) is 0 Å². The summed E-state index contributed by atoms with van der Waals surface area (Å²) in [5.74, 6) is 1.55. The molecule has 0 aliphatic heterocycles. The number of ether oxygens (including phenoxy) is 1. The summed E-state index contributed by atoms with van der Waals surface area (Å²) in [7, 11) is 0. The van der Waals surface area contributed by atoms with Crippen LogP contribution in [0.25, 0.3) is 0 Å². The van der Waals surface area contributed by atoms with Crippen LogP contribution in [0.4, 0.5) is 5.69 Å². The number of rotatable bonds is 5. The van der Waals surface area contributed by atoms with Crippen molar-refractivity contribution in [2.75, 3.05) is 11.9 Å². The first-order valence-electron chi connectivity index (χ1n) is 5.66. The van der Waals surface area contributed by atoms with Crippen LogP contribution in [-0.4, -0.2) is 11.6 Å². The standard InChI is InChI=1S/C13H16N2O2/c1-3-16-13-11(5-4-7-14-13)15-9-12-10(2)6-8-17-12/h4-8,15H,3,9H2,1-2H3. The van der Waals surface area contributed by atoms with E-state index in [1.54, 1.807) is 12.5 Å². The Morgan fingerprint density at radius 3 is 3.00 bits per heavy atom. The minimum absolute atomic E-state index is 0.603. The van der Waals surface area contributed by atoms with Gasteiger partial charge in [-0.3, -0.25) is 0 Å². The Kier molecular flexibility index (Phi) is 3.65. The number of aromatic nitrogens is 1. The molecule has 0 saturated heterocycles. The zero-order valence-electron chi connectivity index (χ0n) is 10.1. The molecule has 2 aromatic rings. The van der Waals surface area contributed by atoms with Crippen LogP contribution >= 0.6 is 0 Å². The van der Waals surface area contributed by atoms with E-state index in [0.717, 1.165) is 17.0 Å². The molecule has 4 nitrogen and oxygen atoms in total. The van der Waals surface area contributed by atoms with E-state index in [1.165, 1.54) is 0 Å². The van der Waals surface area contributed by atoms with Crippen molar-refractivity contribution in [3.05, 3.63) is 42.0 Å². The van der Waals surface area contributed by atoms with E-state index in [2.05, 4.69) is 10.3 Å². The van der Waals surface area contributed by atoms with Crippen molar-refractivity contribution >= 4 is 5.69 Å². The molecule has 2 heterocycles. The second kappa shape index (κ2) is 5.39. The summed E-state index contributed by atoms with van der Waals surface area (Å²) in [6.45, 7) is 5.19. The molecule has 0 atom stereocenters. The van der Waals surface area contributed by atoms with Gasteiger partial charge >= 0.3 is 0 Å². The summed E-state index contributed by atoms with van der Waals surface area (Å²) in [5.41, 5.74) is 2.02. The third-order valence-electron chi connectivity index (χ3n) is 2.46. The highest BCUT2D eigenvalue weighted by molar-refractivity contribution is 5.52. The summed E-state index contributed by atoms with van der Waals surface area (Å²) in [6, 6.07) is 5.76. The minimum Gasteiger partial charge on any atom is -0.476 e. The first-order chi connectivity index (χ1) is 8.31. The van der Waals surface area contributed by atoms with Crippen LogP contribution in [0, 0.1) is 6.92 Å². The Morgan fingerprint density at radius 1 is 1.41 bits per heavy atom. The Balaban J connectivity index is 2.06. The van der Waals surface area contributed by atoms with Crippen LogP contribution < -0.4 is 10.1 Å². The summed E-state index contributed by atoms with van der Waals surface area (Å²) in [5, 5.41) is 3.26. The molecule has 0 bridgehead atoms. The number of furan rings is 1. The average Bonchev–Trinajstić information content (AvgIpc) is 2.74. The lowest BCUT2D eigenvalue weighted by molar-refractivity contribution is 0.328. The maximum absolute atomic E-state index is 5.43. The predicted molar refractivity (Wildman–Crippen MR) is 66.2 cm³/mol. The van der Waals surface area contributed by atoms with E-state index >= 15 is 0 Å². The highest BCUT2D eigenvalue weighted by Crippen LogP contribution is 2.21. The third-order valence-corrected chi connectivity index (χ3v) is 2.46. The molecule has 17 heavy (non-hydrogen) atoms. The van der Waals surface area contributed by atoms with Crippen LogP contribution in [0.1, 0.15) is 18.2 Å². The lowest BCUT2D eigenvalue weighted by atomic mass is 10.3. The lowest BCUT2D eigenvalue weighted by Gasteiger charge is -2.10. The van der Waals surface area contributed by atoms with E-state index in [-0.39, 0.29) is 0 Å². The monoisotopic (exact) mass is 232 g/mol. The normalized spacial score (nSPS) is 10.2. The molecule has 0 aromatic carbocycles. The molecule has 0 radical (unpaired) electrons. The SMILES string of the molecule is CCOc1ncccc1NCc1occc1C. The molecule has 90 valence electrons. The predicted octanol–water partition coefficient (Wildman–Crippen LogP) is 2.99. The van der Waals surface area contributed by atoms with Gasteiger partial charge in [0.25, 0.3) is 0 Å². The number of anilines is 1. The number of nitrogens with zero attached hydrogens (tertiary/aromatic N) is 1. The minimum atomic E-state index is 0.603. The zero-order chi connectivity index (χ0) is 12.1. The van der Waals surface area contributed by atoms with Crippen LogP contribution in [0.2, 0.25) is 0 Å². The number of nitrogens with one attached hydrogen (secondary N) is 1. The van der Waals surface area contributed by atoms with E-state index < -0.39 is 0 Å². The highest BCUT2D eigenvalue weighted by Gasteiger charge is 2.06. The molecule has 0 saturated carbocycles. The van der Waals surface area contributed by atoms with Crippen molar-refractivity contribution in [3.63, 3.8) is 0 Å². The van der Waals surface area contributed by atoms with Crippen LogP contribution in [0.15, 0.2) is 35.1 Å². The van der Waals surface area contributed by atoms with Crippen molar-refractivity contribution in [3.8, 4) is 5.88 Å². The molecule has 2 rings (SSSR count). The first-order valence-corrected chi connectivity index (χ1v) is 5.66. The molecule has 0 unspecified atom stereocenters. The molecular formula is C13H16N2O2. The fraction of sp³-hybridized carbons (Fsp3) is 0.308.